The number of ether oxygens (including phenoxy) is 1. The van der Waals surface area contributed by atoms with Crippen LogP contribution in [0.2, 0.25) is 0 Å². The highest BCUT2D eigenvalue weighted by molar-refractivity contribution is 7.99. The summed E-state index contributed by atoms with van der Waals surface area (Å²) in [6.07, 6.45) is 2.36. The Morgan fingerprint density at radius 3 is 2.63 bits per heavy atom. The van der Waals surface area contributed by atoms with E-state index < -0.39 is 0 Å². The fourth-order valence-corrected chi connectivity index (χ4v) is 4.35. The fraction of sp³-hybridized carbons (Fsp3) is 0.391. The predicted octanol–water partition coefficient (Wildman–Crippen LogP) is 4.76. The van der Waals surface area contributed by atoms with Crippen LogP contribution in [0.4, 0.5) is 0 Å². The van der Waals surface area contributed by atoms with Crippen molar-refractivity contribution in [1.82, 2.24) is 15.1 Å². The van der Waals surface area contributed by atoms with Gasteiger partial charge in [-0.25, -0.2) is 0 Å². The molecule has 4 rings (SSSR count). The number of phenolic OH excluding ortho intramolecular Hbond substituents is 1. The number of aromatic hydroxyl groups is 1. The molecule has 0 spiro atoms. The summed E-state index contributed by atoms with van der Waals surface area (Å²) in [6.45, 7) is 6.34. The molecule has 0 saturated carbocycles. The number of para-hydroxylation sites is 1. The maximum Gasteiger partial charge on any atom is 0.247 e. The number of thioether (sulfide) groups is 1. The molecule has 0 aliphatic carbocycles. The van der Waals surface area contributed by atoms with Crippen LogP contribution in [-0.4, -0.2) is 52.2 Å². The van der Waals surface area contributed by atoms with Crippen molar-refractivity contribution >= 4 is 11.8 Å². The molecular formula is C23H27N3O3S. The van der Waals surface area contributed by atoms with E-state index in [0.717, 1.165) is 42.2 Å². The second kappa shape index (κ2) is 10.00. The third-order valence-corrected chi connectivity index (χ3v) is 6.28. The first-order valence-corrected chi connectivity index (χ1v) is 11.5. The summed E-state index contributed by atoms with van der Waals surface area (Å²) in [5.74, 6) is 2.89. The molecular weight excluding hydrogens is 398 g/mol. The topological polar surface area (TPSA) is 71.6 Å². The van der Waals surface area contributed by atoms with E-state index in [1.165, 1.54) is 19.5 Å². The monoisotopic (exact) mass is 425 g/mol. The fourth-order valence-electron chi connectivity index (χ4n) is 3.40. The molecule has 7 heteroatoms. The molecule has 1 unspecified atom stereocenters. The van der Waals surface area contributed by atoms with Crippen molar-refractivity contribution in [3.8, 4) is 23.0 Å². The molecule has 0 amide bonds. The largest absolute Gasteiger partial charge is 0.508 e. The number of aromatic nitrogens is 2. The van der Waals surface area contributed by atoms with Gasteiger partial charge in [0.2, 0.25) is 11.8 Å². The van der Waals surface area contributed by atoms with Crippen molar-refractivity contribution in [2.45, 2.75) is 25.0 Å². The van der Waals surface area contributed by atoms with Gasteiger partial charge < -0.3 is 19.2 Å². The van der Waals surface area contributed by atoms with E-state index in [0.29, 0.717) is 11.8 Å². The SMILES string of the molecule is CCSC(c1nnc(-c2ccc(OCCCN3CCC3)cc2)o1)c1ccccc1O. The van der Waals surface area contributed by atoms with Crippen LogP contribution in [0.3, 0.4) is 0 Å². The standard InChI is InChI=1S/C23H27N3O3S/c1-2-30-21(19-7-3-4-8-20(19)27)23-25-24-22(29-23)17-9-11-18(12-10-17)28-16-6-15-26-13-5-14-26/h3-4,7-12,21,27H,2,5-6,13-16H2,1H3. The summed E-state index contributed by atoms with van der Waals surface area (Å²) in [6, 6.07) is 15.0. The maximum absolute atomic E-state index is 10.2. The predicted molar refractivity (Wildman–Crippen MR) is 119 cm³/mol. The lowest BCUT2D eigenvalue weighted by atomic mass is 10.1. The number of phenols is 1. The highest BCUT2D eigenvalue weighted by Crippen LogP contribution is 2.39. The molecule has 158 valence electrons. The third kappa shape index (κ3) is 4.96. The molecule has 0 radical (unpaired) electrons. The molecule has 1 N–H and O–H groups in total. The molecule has 1 atom stereocenters. The van der Waals surface area contributed by atoms with Crippen molar-refractivity contribution in [2.75, 3.05) is 32.0 Å². The van der Waals surface area contributed by atoms with Gasteiger partial charge in [0.15, 0.2) is 0 Å². The molecule has 1 saturated heterocycles. The van der Waals surface area contributed by atoms with Gasteiger partial charge in [0.1, 0.15) is 16.7 Å². The van der Waals surface area contributed by atoms with Crippen LogP contribution in [-0.2, 0) is 0 Å². The van der Waals surface area contributed by atoms with Gasteiger partial charge in [0.25, 0.3) is 0 Å². The number of likely N-dealkylation sites (tertiary alicyclic amines) is 1. The van der Waals surface area contributed by atoms with Crippen molar-refractivity contribution in [2.24, 2.45) is 0 Å². The van der Waals surface area contributed by atoms with E-state index in [1.807, 2.05) is 36.4 Å². The van der Waals surface area contributed by atoms with Crippen molar-refractivity contribution in [3.63, 3.8) is 0 Å². The summed E-state index contributed by atoms with van der Waals surface area (Å²) in [5, 5.41) is 18.5. The Balaban J connectivity index is 1.40. The van der Waals surface area contributed by atoms with Gasteiger partial charge in [0, 0.05) is 17.7 Å². The summed E-state index contributed by atoms with van der Waals surface area (Å²) in [4.78, 5) is 2.44. The quantitative estimate of drug-likeness (QED) is 0.470. The second-order valence-electron chi connectivity index (χ2n) is 7.26. The van der Waals surface area contributed by atoms with Gasteiger partial charge >= 0.3 is 0 Å². The molecule has 0 bridgehead atoms. The summed E-state index contributed by atoms with van der Waals surface area (Å²) < 4.78 is 11.8. The lowest BCUT2D eigenvalue weighted by Crippen LogP contribution is -2.38. The Kier molecular flexibility index (Phi) is 6.92. The molecule has 6 nitrogen and oxygen atoms in total. The van der Waals surface area contributed by atoms with E-state index >= 15 is 0 Å². The summed E-state index contributed by atoms with van der Waals surface area (Å²) in [5.41, 5.74) is 1.63. The Morgan fingerprint density at radius 2 is 1.93 bits per heavy atom. The molecule has 1 aromatic heterocycles. The molecule has 2 heterocycles. The van der Waals surface area contributed by atoms with E-state index in [-0.39, 0.29) is 11.0 Å². The van der Waals surface area contributed by atoms with Crippen LogP contribution >= 0.6 is 11.8 Å². The normalized spacial score (nSPS) is 15.0. The van der Waals surface area contributed by atoms with E-state index in [4.69, 9.17) is 9.15 Å². The molecule has 1 aliphatic rings. The van der Waals surface area contributed by atoms with E-state index in [2.05, 4.69) is 22.0 Å². The minimum Gasteiger partial charge on any atom is -0.508 e. The summed E-state index contributed by atoms with van der Waals surface area (Å²) in [7, 11) is 0. The Labute approximate surface area is 181 Å². The first-order valence-electron chi connectivity index (χ1n) is 10.4. The van der Waals surface area contributed by atoms with Crippen molar-refractivity contribution in [3.05, 3.63) is 60.0 Å². The Morgan fingerprint density at radius 1 is 1.13 bits per heavy atom. The Hall–Kier alpha value is -2.51. The van der Waals surface area contributed by atoms with Crippen molar-refractivity contribution < 1.29 is 14.3 Å². The van der Waals surface area contributed by atoms with Crippen LogP contribution in [0, 0.1) is 0 Å². The van der Waals surface area contributed by atoms with Gasteiger partial charge in [-0.3, -0.25) is 0 Å². The smallest absolute Gasteiger partial charge is 0.247 e. The van der Waals surface area contributed by atoms with Gasteiger partial charge in [-0.15, -0.1) is 22.0 Å². The van der Waals surface area contributed by atoms with Gasteiger partial charge in [-0.05, 0) is 62.0 Å². The van der Waals surface area contributed by atoms with E-state index in [1.54, 1.807) is 23.9 Å². The van der Waals surface area contributed by atoms with Gasteiger partial charge in [-0.1, -0.05) is 25.1 Å². The van der Waals surface area contributed by atoms with E-state index in [9.17, 15) is 5.11 Å². The number of nitrogens with zero attached hydrogens (tertiary/aromatic N) is 3. The first-order chi connectivity index (χ1) is 14.7. The van der Waals surface area contributed by atoms with Crippen LogP contribution in [0.1, 0.15) is 36.5 Å². The maximum atomic E-state index is 10.2. The molecule has 3 aromatic rings. The van der Waals surface area contributed by atoms with Crippen LogP contribution < -0.4 is 4.74 Å². The number of hydrogen-bond acceptors (Lipinski definition) is 7. The minimum atomic E-state index is -0.202. The average Bonchev–Trinajstić information content (AvgIpc) is 3.21. The molecule has 2 aromatic carbocycles. The van der Waals surface area contributed by atoms with Gasteiger partial charge in [0.05, 0.1) is 6.61 Å². The van der Waals surface area contributed by atoms with Crippen molar-refractivity contribution in [1.29, 1.82) is 0 Å². The summed E-state index contributed by atoms with van der Waals surface area (Å²) >= 11 is 1.65. The average molecular weight is 426 g/mol. The zero-order chi connectivity index (χ0) is 20.8. The molecule has 1 fully saturated rings. The van der Waals surface area contributed by atoms with Crippen LogP contribution in [0.15, 0.2) is 52.9 Å². The molecule has 1 aliphatic heterocycles. The minimum absolute atomic E-state index is 0.202. The lowest BCUT2D eigenvalue weighted by Gasteiger charge is -2.30. The number of benzene rings is 2. The molecule has 30 heavy (non-hydrogen) atoms. The number of hydrogen-bond donors (Lipinski definition) is 1. The third-order valence-electron chi connectivity index (χ3n) is 5.15. The van der Waals surface area contributed by atoms with Crippen LogP contribution in [0.25, 0.3) is 11.5 Å². The highest BCUT2D eigenvalue weighted by Gasteiger charge is 2.24. The second-order valence-corrected chi connectivity index (χ2v) is 8.64. The lowest BCUT2D eigenvalue weighted by molar-refractivity contribution is 0.165. The van der Waals surface area contributed by atoms with Crippen LogP contribution in [0.5, 0.6) is 11.5 Å². The zero-order valence-corrected chi connectivity index (χ0v) is 18.0. The van der Waals surface area contributed by atoms with Gasteiger partial charge in [-0.2, -0.15) is 0 Å². The zero-order valence-electron chi connectivity index (χ0n) is 17.2. The number of rotatable bonds is 10. The first kappa shape index (κ1) is 20.8. The Bertz CT molecular complexity index is 941. The highest BCUT2D eigenvalue weighted by atomic mass is 32.2.